The fraction of sp³-hybridized carbons (Fsp3) is 0. The highest BCUT2D eigenvalue weighted by atomic mass is 15.0. The first-order chi connectivity index (χ1) is 31.7. The van der Waals surface area contributed by atoms with E-state index in [1.807, 2.05) is 0 Å². The van der Waals surface area contributed by atoms with E-state index in [4.69, 9.17) is 0 Å². The molecule has 0 spiro atoms. The van der Waals surface area contributed by atoms with Crippen molar-refractivity contribution in [2.75, 3.05) is 0 Å². The van der Waals surface area contributed by atoms with Crippen LogP contribution in [-0.2, 0) is 0 Å². The van der Waals surface area contributed by atoms with Crippen LogP contribution in [-0.4, -0.2) is 9.13 Å². The Balaban J connectivity index is 0.912. The van der Waals surface area contributed by atoms with Crippen molar-refractivity contribution >= 4 is 65.2 Å². The molecule has 0 amide bonds. The molecule has 298 valence electrons. The van der Waals surface area contributed by atoms with Gasteiger partial charge in [0.2, 0.25) is 0 Å². The molecule has 0 atom stereocenters. The molecular weight excluding hydrogens is 773 g/mol. The first-order valence-electron chi connectivity index (χ1n) is 22.1. The van der Waals surface area contributed by atoms with Gasteiger partial charge in [0.25, 0.3) is 0 Å². The summed E-state index contributed by atoms with van der Waals surface area (Å²) in [4.78, 5) is 0. The maximum Gasteiger partial charge on any atom is 0.0547 e. The van der Waals surface area contributed by atoms with Crippen molar-refractivity contribution in [2.45, 2.75) is 0 Å². The Morgan fingerprint density at radius 2 is 0.578 bits per heavy atom. The van der Waals surface area contributed by atoms with Crippen molar-refractivity contribution in [3.05, 3.63) is 243 Å². The van der Waals surface area contributed by atoms with Crippen LogP contribution in [0, 0.1) is 0 Å². The van der Waals surface area contributed by atoms with Crippen LogP contribution < -0.4 is 0 Å². The van der Waals surface area contributed by atoms with Gasteiger partial charge in [-0.15, -0.1) is 0 Å². The number of benzene rings is 11. The van der Waals surface area contributed by atoms with Crippen molar-refractivity contribution in [2.24, 2.45) is 0 Å². The van der Waals surface area contributed by atoms with E-state index in [2.05, 4.69) is 252 Å². The van der Waals surface area contributed by atoms with Crippen LogP contribution in [0.3, 0.4) is 0 Å². The van der Waals surface area contributed by atoms with E-state index in [1.165, 1.54) is 121 Å². The van der Waals surface area contributed by atoms with Gasteiger partial charge in [-0.1, -0.05) is 170 Å². The Hall–Kier alpha value is -8.46. The third-order valence-electron chi connectivity index (χ3n) is 13.3. The quantitative estimate of drug-likeness (QED) is 0.148. The molecule has 2 heteroatoms. The van der Waals surface area contributed by atoms with Crippen LogP contribution in [0.15, 0.2) is 243 Å². The molecule has 0 radical (unpaired) electrons. The van der Waals surface area contributed by atoms with Crippen LogP contribution in [0.25, 0.3) is 121 Å². The zero-order valence-electron chi connectivity index (χ0n) is 35.0. The van der Waals surface area contributed by atoms with E-state index in [9.17, 15) is 0 Å². The molecule has 0 unspecified atom stereocenters. The highest BCUT2D eigenvalue weighted by Crippen LogP contribution is 2.42. The molecule has 64 heavy (non-hydrogen) atoms. The van der Waals surface area contributed by atoms with Crippen LogP contribution >= 0.6 is 0 Å². The normalized spacial score (nSPS) is 11.8. The van der Waals surface area contributed by atoms with E-state index in [0.29, 0.717) is 0 Å². The van der Waals surface area contributed by atoms with Crippen molar-refractivity contribution in [3.63, 3.8) is 0 Å². The molecule has 0 aliphatic carbocycles. The molecule has 2 aromatic heterocycles. The number of para-hydroxylation sites is 4. The fourth-order valence-corrected chi connectivity index (χ4v) is 10.4. The zero-order valence-corrected chi connectivity index (χ0v) is 35.0. The first kappa shape index (κ1) is 36.2. The number of aromatic nitrogens is 2. The van der Waals surface area contributed by atoms with Gasteiger partial charge in [-0.05, 0) is 139 Å². The van der Waals surface area contributed by atoms with Gasteiger partial charge in [-0.3, -0.25) is 0 Å². The lowest BCUT2D eigenvalue weighted by Gasteiger charge is -2.12. The summed E-state index contributed by atoms with van der Waals surface area (Å²) >= 11 is 0. The summed E-state index contributed by atoms with van der Waals surface area (Å²) < 4.78 is 4.78. The molecule has 13 aromatic rings. The first-order valence-corrected chi connectivity index (χ1v) is 22.1. The summed E-state index contributed by atoms with van der Waals surface area (Å²) in [5.41, 5.74) is 16.9. The molecule has 2 nitrogen and oxygen atoms in total. The highest BCUT2D eigenvalue weighted by Gasteiger charge is 2.18. The van der Waals surface area contributed by atoms with Crippen LogP contribution in [0.5, 0.6) is 0 Å². The van der Waals surface area contributed by atoms with Gasteiger partial charge in [0.05, 0.1) is 22.1 Å². The predicted molar refractivity (Wildman–Crippen MR) is 272 cm³/mol. The smallest absolute Gasteiger partial charge is 0.0547 e. The van der Waals surface area contributed by atoms with Crippen molar-refractivity contribution < 1.29 is 0 Å². The summed E-state index contributed by atoms with van der Waals surface area (Å²) in [6.45, 7) is 0. The highest BCUT2D eigenvalue weighted by molar-refractivity contribution is 6.17. The van der Waals surface area contributed by atoms with Crippen molar-refractivity contribution in [1.82, 2.24) is 9.13 Å². The molecule has 0 bridgehead atoms. The maximum atomic E-state index is 2.39. The molecule has 0 aliphatic heterocycles. The van der Waals surface area contributed by atoms with Crippen LogP contribution in [0.2, 0.25) is 0 Å². The van der Waals surface area contributed by atoms with Crippen molar-refractivity contribution in [3.8, 4) is 55.9 Å². The Morgan fingerprint density at radius 3 is 1.05 bits per heavy atom. The molecule has 0 saturated heterocycles. The summed E-state index contributed by atoms with van der Waals surface area (Å²) in [7, 11) is 0. The third kappa shape index (κ3) is 5.73. The average molecular weight is 813 g/mol. The van der Waals surface area contributed by atoms with E-state index in [0.717, 1.165) is 0 Å². The minimum absolute atomic E-state index is 1.17. The van der Waals surface area contributed by atoms with E-state index >= 15 is 0 Å². The molecular formula is C62H40N2. The lowest BCUT2D eigenvalue weighted by Crippen LogP contribution is -1.92. The SMILES string of the molecule is c1ccc(-n2c3ccccc3c3c(-c4cccc(-c5ccc6ccc7ccc(-c8cccc(-c9cccc%10c9c9ccccc9n%10-c9ccccc9)c8)cc7c6c5)c4)cccc32)cc1. The fourth-order valence-electron chi connectivity index (χ4n) is 10.4. The van der Waals surface area contributed by atoms with E-state index in [-0.39, 0.29) is 0 Å². The lowest BCUT2D eigenvalue weighted by molar-refractivity contribution is 1.18. The monoisotopic (exact) mass is 812 g/mol. The minimum Gasteiger partial charge on any atom is -0.309 e. The Bertz CT molecular complexity index is 3690. The molecule has 0 N–H and O–H groups in total. The number of hydrogen-bond donors (Lipinski definition) is 0. The van der Waals surface area contributed by atoms with Gasteiger partial charge in [0.15, 0.2) is 0 Å². The van der Waals surface area contributed by atoms with E-state index in [1.54, 1.807) is 0 Å². The van der Waals surface area contributed by atoms with Crippen molar-refractivity contribution in [1.29, 1.82) is 0 Å². The summed E-state index contributed by atoms with van der Waals surface area (Å²) in [5.74, 6) is 0. The van der Waals surface area contributed by atoms with Gasteiger partial charge in [-0.2, -0.15) is 0 Å². The zero-order chi connectivity index (χ0) is 42.1. The molecule has 11 aromatic carbocycles. The standard InChI is InChI=1S/C62H40N2/c1-3-19-49(20-4-1)63-57-27-9-7-23-53(57)61-51(25-13-29-59(61)63)47-17-11-15-43(37-47)45-35-33-41-31-32-42-34-36-46(40-56(42)55(41)39-45)44-16-12-18-48(38-44)52-26-14-30-60-62(52)54-24-8-10-28-58(54)64(60)50-21-5-2-6-22-50/h1-40H. The molecule has 2 heterocycles. The molecule has 0 aliphatic rings. The van der Waals surface area contributed by atoms with Gasteiger partial charge < -0.3 is 9.13 Å². The number of fused-ring (bicyclic) bond motifs is 9. The topological polar surface area (TPSA) is 9.86 Å². The second-order valence-corrected chi connectivity index (χ2v) is 16.9. The minimum atomic E-state index is 1.17. The molecule has 13 rings (SSSR count). The summed E-state index contributed by atoms with van der Waals surface area (Å²) in [5, 5.41) is 10.0. The number of hydrogen-bond acceptors (Lipinski definition) is 0. The summed E-state index contributed by atoms with van der Waals surface area (Å²) in [6, 6.07) is 89.0. The lowest BCUT2D eigenvalue weighted by atomic mass is 9.92. The molecule has 0 fully saturated rings. The van der Waals surface area contributed by atoms with Gasteiger partial charge in [0.1, 0.15) is 0 Å². The van der Waals surface area contributed by atoms with Gasteiger partial charge in [-0.25, -0.2) is 0 Å². The number of rotatable bonds is 6. The maximum absolute atomic E-state index is 2.39. The second-order valence-electron chi connectivity index (χ2n) is 16.9. The van der Waals surface area contributed by atoms with Crippen LogP contribution in [0.1, 0.15) is 0 Å². The third-order valence-corrected chi connectivity index (χ3v) is 13.3. The van der Waals surface area contributed by atoms with Crippen LogP contribution in [0.4, 0.5) is 0 Å². The second kappa shape index (κ2) is 14.6. The Morgan fingerprint density at radius 1 is 0.219 bits per heavy atom. The average Bonchev–Trinajstić information content (AvgIpc) is 3.90. The molecule has 0 saturated carbocycles. The Kier molecular flexibility index (Phi) is 8.25. The van der Waals surface area contributed by atoms with Gasteiger partial charge in [0, 0.05) is 32.9 Å². The Labute approximate surface area is 371 Å². The largest absolute Gasteiger partial charge is 0.309 e. The number of nitrogens with zero attached hydrogens (tertiary/aromatic N) is 2. The predicted octanol–water partition coefficient (Wildman–Crippen LogP) is 16.9. The van der Waals surface area contributed by atoms with Gasteiger partial charge >= 0.3 is 0 Å². The van der Waals surface area contributed by atoms with E-state index < -0.39 is 0 Å². The summed E-state index contributed by atoms with van der Waals surface area (Å²) in [6.07, 6.45) is 0.